The quantitative estimate of drug-likeness (QED) is 0.878. The van der Waals surface area contributed by atoms with Crippen LogP contribution in [-0.2, 0) is 11.3 Å². The van der Waals surface area contributed by atoms with Crippen molar-refractivity contribution in [2.75, 3.05) is 0 Å². The maximum absolute atomic E-state index is 12.7. The van der Waals surface area contributed by atoms with Crippen LogP contribution in [0.25, 0.3) is 10.9 Å². The summed E-state index contributed by atoms with van der Waals surface area (Å²) in [5, 5.41) is 13.4. The molecule has 6 heteroatoms. The van der Waals surface area contributed by atoms with Gasteiger partial charge in [-0.2, -0.15) is 0 Å². The fourth-order valence-corrected chi connectivity index (χ4v) is 3.01. The number of halogens is 1. The molecule has 5 nitrogen and oxygen atoms in total. The van der Waals surface area contributed by atoms with Gasteiger partial charge in [0.25, 0.3) is 5.91 Å². The minimum absolute atomic E-state index is 0.203. The first kappa shape index (κ1) is 17.3. The van der Waals surface area contributed by atoms with Crippen LogP contribution in [0, 0.1) is 12.8 Å². The van der Waals surface area contributed by atoms with Gasteiger partial charge in [-0.05, 0) is 43.5 Å². The fourth-order valence-electron chi connectivity index (χ4n) is 2.84. The number of amides is 1. The average Bonchev–Trinajstić information content (AvgIpc) is 2.76. The highest BCUT2D eigenvalue weighted by Gasteiger charge is 2.27. The summed E-state index contributed by atoms with van der Waals surface area (Å²) in [6.07, 6.45) is 0. The Morgan fingerprint density at radius 2 is 2.00 bits per heavy atom. The van der Waals surface area contributed by atoms with E-state index in [0.717, 1.165) is 16.5 Å². The fraction of sp³-hybridized carbons (Fsp3) is 0.412. The zero-order valence-corrected chi connectivity index (χ0v) is 14.4. The summed E-state index contributed by atoms with van der Waals surface area (Å²) < 4.78 is 1.88. The second kappa shape index (κ2) is 6.62. The van der Waals surface area contributed by atoms with E-state index in [4.69, 9.17) is 11.6 Å². The molecule has 1 aromatic heterocycles. The molecular weight excluding hydrogens is 316 g/mol. The smallest absolute Gasteiger partial charge is 0.326 e. The number of aromatic nitrogens is 1. The number of hydrogen-bond acceptors (Lipinski definition) is 2. The second-order valence-corrected chi connectivity index (χ2v) is 6.35. The maximum Gasteiger partial charge on any atom is 0.326 e. The summed E-state index contributed by atoms with van der Waals surface area (Å²) in [7, 11) is 0. The van der Waals surface area contributed by atoms with Crippen LogP contribution in [0.2, 0.25) is 5.02 Å². The van der Waals surface area contributed by atoms with Crippen molar-refractivity contribution in [1.82, 2.24) is 9.88 Å². The number of aryl methyl sites for hydroxylation is 2. The number of nitrogens with zero attached hydrogens (tertiary/aromatic N) is 1. The van der Waals surface area contributed by atoms with Crippen LogP contribution < -0.4 is 5.32 Å². The molecule has 1 amide bonds. The third kappa shape index (κ3) is 3.20. The van der Waals surface area contributed by atoms with Crippen molar-refractivity contribution in [1.29, 1.82) is 0 Å². The third-order valence-corrected chi connectivity index (χ3v) is 4.26. The van der Waals surface area contributed by atoms with Crippen molar-refractivity contribution in [2.24, 2.45) is 5.92 Å². The molecule has 124 valence electrons. The number of rotatable bonds is 5. The summed E-state index contributed by atoms with van der Waals surface area (Å²) in [5.41, 5.74) is 2.20. The summed E-state index contributed by atoms with van der Waals surface area (Å²) in [5.74, 6) is -1.61. The zero-order valence-electron chi connectivity index (χ0n) is 13.7. The molecule has 23 heavy (non-hydrogen) atoms. The molecule has 2 aromatic rings. The Labute approximate surface area is 140 Å². The molecule has 0 saturated heterocycles. The first-order chi connectivity index (χ1) is 10.8. The van der Waals surface area contributed by atoms with E-state index in [-0.39, 0.29) is 11.8 Å². The zero-order chi connectivity index (χ0) is 17.3. The second-order valence-electron chi connectivity index (χ2n) is 5.91. The molecule has 0 aliphatic heterocycles. The van der Waals surface area contributed by atoms with Crippen LogP contribution in [-0.4, -0.2) is 27.6 Å². The molecule has 1 heterocycles. The molecule has 1 aromatic carbocycles. The molecule has 2 N–H and O–H groups in total. The van der Waals surface area contributed by atoms with Gasteiger partial charge in [-0.15, -0.1) is 0 Å². The van der Waals surface area contributed by atoms with Gasteiger partial charge < -0.3 is 15.0 Å². The molecule has 0 fully saturated rings. The minimum atomic E-state index is -1.03. The van der Waals surface area contributed by atoms with E-state index in [1.165, 1.54) is 0 Å². The van der Waals surface area contributed by atoms with Gasteiger partial charge in [0.2, 0.25) is 0 Å². The molecule has 0 bridgehead atoms. The first-order valence-electron chi connectivity index (χ1n) is 7.59. The molecule has 0 radical (unpaired) electrons. The Kier molecular flexibility index (Phi) is 5.00. The van der Waals surface area contributed by atoms with Gasteiger partial charge >= 0.3 is 5.97 Å². The van der Waals surface area contributed by atoms with E-state index in [1.807, 2.05) is 30.5 Å². The summed E-state index contributed by atoms with van der Waals surface area (Å²) in [4.78, 5) is 24.0. The molecular formula is C17H21ClN2O3. The van der Waals surface area contributed by atoms with Gasteiger partial charge in [0.05, 0.1) is 0 Å². The van der Waals surface area contributed by atoms with Crippen molar-refractivity contribution in [3.8, 4) is 0 Å². The lowest BCUT2D eigenvalue weighted by molar-refractivity contribution is -0.140. The number of nitrogens with one attached hydrogen (secondary N) is 1. The van der Waals surface area contributed by atoms with Crippen molar-refractivity contribution >= 4 is 34.4 Å². The molecule has 1 atom stereocenters. The normalized spacial score (nSPS) is 12.6. The monoisotopic (exact) mass is 336 g/mol. The Bertz CT molecular complexity index is 765. The van der Waals surface area contributed by atoms with Crippen LogP contribution in [0.5, 0.6) is 0 Å². The Hall–Kier alpha value is -2.01. The Morgan fingerprint density at radius 3 is 2.52 bits per heavy atom. The van der Waals surface area contributed by atoms with E-state index in [9.17, 15) is 14.7 Å². The third-order valence-electron chi connectivity index (χ3n) is 4.03. The predicted octanol–water partition coefficient (Wildman–Crippen LogP) is 3.46. The van der Waals surface area contributed by atoms with Crippen LogP contribution in [0.1, 0.15) is 36.8 Å². The number of carboxylic acid groups (broad SMARTS) is 1. The predicted molar refractivity (Wildman–Crippen MR) is 91.1 cm³/mol. The molecule has 2 rings (SSSR count). The van der Waals surface area contributed by atoms with Gasteiger partial charge in [0.15, 0.2) is 0 Å². The lowest BCUT2D eigenvalue weighted by Gasteiger charge is -2.19. The van der Waals surface area contributed by atoms with Gasteiger partial charge in [-0.25, -0.2) is 4.79 Å². The number of carbonyl (C=O) groups excluding carboxylic acids is 1. The van der Waals surface area contributed by atoms with E-state index in [2.05, 4.69) is 5.32 Å². The standard InChI is InChI=1S/C17H21ClN2O3/c1-5-20-13-7-6-11(18)8-12(13)10(4)15(20)16(21)19-14(9(2)3)17(22)23/h6-9,14H,5H2,1-4H3,(H,19,21)(H,22,23). The largest absolute Gasteiger partial charge is 0.480 e. The van der Waals surface area contributed by atoms with Gasteiger partial charge in [0, 0.05) is 22.5 Å². The van der Waals surface area contributed by atoms with E-state index in [0.29, 0.717) is 17.3 Å². The topological polar surface area (TPSA) is 71.3 Å². The van der Waals surface area contributed by atoms with Crippen LogP contribution in [0.15, 0.2) is 18.2 Å². The summed E-state index contributed by atoms with van der Waals surface area (Å²) in [6, 6.07) is 4.56. The highest BCUT2D eigenvalue weighted by atomic mass is 35.5. The van der Waals surface area contributed by atoms with E-state index < -0.39 is 12.0 Å². The summed E-state index contributed by atoms with van der Waals surface area (Å²) >= 11 is 6.05. The van der Waals surface area contributed by atoms with Crippen molar-refractivity contribution in [2.45, 2.75) is 40.3 Å². The Morgan fingerprint density at radius 1 is 1.35 bits per heavy atom. The lowest BCUT2D eigenvalue weighted by Crippen LogP contribution is -2.45. The molecule has 1 unspecified atom stereocenters. The minimum Gasteiger partial charge on any atom is -0.480 e. The van der Waals surface area contributed by atoms with Crippen molar-refractivity contribution in [3.63, 3.8) is 0 Å². The number of carbonyl (C=O) groups is 2. The van der Waals surface area contributed by atoms with Gasteiger partial charge in [0.1, 0.15) is 11.7 Å². The number of hydrogen-bond donors (Lipinski definition) is 2. The number of fused-ring (bicyclic) bond motifs is 1. The SMILES string of the molecule is CCn1c(C(=O)NC(C(=O)O)C(C)C)c(C)c2cc(Cl)ccc21. The van der Waals surface area contributed by atoms with Crippen LogP contribution >= 0.6 is 11.6 Å². The van der Waals surface area contributed by atoms with Gasteiger partial charge in [-0.1, -0.05) is 25.4 Å². The van der Waals surface area contributed by atoms with Gasteiger partial charge in [-0.3, -0.25) is 4.79 Å². The molecule has 0 saturated carbocycles. The van der Waals surface area contributed by atoms with E-state index >= 15 is 0 Å². The van der Waals surface area contributed by atoms with E-state index in [1.54, 1.807) is 19.9 Å². The number of carboxylic acids is 1. The van der Waals surface area contributed by atoms with Crippen LogP contribution in [0.3, 0.4) is 0 Å². The molecule has 0 aliphatic rings. The van der Waals surface area contributed by atoms with Crippen molar-refractivity contribution < 1.29 is 14.7 Å². The molecule has 0 aliphatic carbocycles. The lowest BCUT2D eigenvalue weighted by atomic mass is 10.0. The maximum atomic E-state index is 12.7. The number of benzene rings is 1. The molecule has 0 spiro atoms. The number of aliphatic carboxylic acids is 1. The van der Waals surface area contributed by atoms with Crippen LogP contribution in [0.4, 0.5) is 0 Å². The Balaban J connectivity index is 2.52. The average molecular weight is 337 g/mol. The first-order valence-corrected chi connectivity index (χ1v) is 7.97. The summed E-state index contributed by atoms with van der Waals surface area (Å²) in [6.45, 7) is 7.93. The highest BCUT2D eigenvalue weighted by molar-refractivity contribution is 6.31. The van der Waals surface area contributed by atoms with Crippen molar-refractivity contribution in [3.05, 3.63) is 34.5 Å². The highest BCUT2D eigenvalue weighted by Crippen LogP contribution is 2.28.